The fourth-order valence-electron chi connectivity index (χ4n) is 1.01. The maximum atomic E-state index is 11.3. The van der Waals surface area contributed by atoms with Crippen molar-refractivity contribution in [3.05, 3.63) is 0 Å². The van der Waals surface area contributed by atoms with Gasteiger partial charge in [0.2, 0.25) is 6.79 Å². The highest BCUT2D eigenvalue weighted by Gasteiger charge is 2.14. The van der Waals surface area contributed by atoms with Gasteiger partial charge in [-0.05, 0) is 6.42 Å². The Morgan fingerprint density at radius 1 is 1.07 bits per heavy atom. The Balaban J connectivity index is 3.68. The van der Waals surface area contributed by atoms with Crippen LogP contribution in [0.4, 0.5) is 0 Å². The minimum atomic E-state index is -0.356. The molecule has 0 aromatic rings. The zero-order valence-corrected chi connectivity index (χ0v) is 9.91. The summed E-state index contributed by atoms with van der Waals surface area (Å²) in [4.78, 5) is 22.3. The van der Waals surface area contributed by atoms with Gasteiger partial charge in [0, 0.05) is 0 Å². The molecule has 4 nitrogen and oxygen atoms in total. The van der Waals surface area contributed by atoms with Gasteiger partial charge in [0.05, 0.1) is 11.8 Å². The van der Waals surface area contributed by atoms with E-state index in [2.05, 4.69) is 0 Å². The zero-order chi connectivity index (χ0) is 11.8. The van der Waals surface area contributed by atoms with Gasteiger partial charge in [0.1, 0.15) is 0 Å². The monoisotopic (exact) mass is 216 g/mol. The molecule has 0 aliphatic carbocycles. The summed E-state index contributed by atoms with van der Waals surface area (Å²) in [6.45, 7) is 6.98. The minimum Gasteiger partial charge on any atom is -0.428 e. The minimum absolute atomic E-state index is 0.132. The highest BCUT2D eigenvalue weighted by molar-refractivity contribution is 5.73. The van der Waals surface area contributed by atoms with Crippen molar-refractivity contribution in [2.24, 2.45) is 11.8 Å². The van der Waals surface area contributed by atoms with Crippen LogP contribution >= 0.6 is 0 Å². The lowest BCUT2D eigenvalue weighted by Crippen LogP contribution is -2.20. The predicted octanol–water partition coefficient (Wildman–Crippen LogP) is 2.12. The van der Waals surface area contributed by atoms with Crippen molar-refractivity contribution < 1.29 is 19.1 Å². The van der Waals surface area contributed by atoms with E-state index >= 15 is 0 Å². The Labute approximate surface area is 90.9 Å². The van der Waals surface area contributed by atoms with Crippen molar-refractivity contribution >= 4 is 11.9 Å². The third-order valence-electron chi connectivity index (χ3n) is 2.00. The largest absolute Gasteiger partial charge is 0.428 e. The van der Waals surface area contributed by atoms with Crippen molar-refractivity contribution in [2.45, 2.75) is 40.5 Å². The molecule has 0 N–H and O–H groups in total. The summed E-state index contributed by atoms with van der Waals surface area (Å²) in [7, 11) is 0. The standard InChI is InChI=1S/C11H20O4/c1-5-6-9(4)11(13)15-7-14-10(12)8(2)3/h8-9H,5-7H2,1-4H3. The van der Waals surface area contributed by atoms with Crippen molar-refractivity contribution in [3.8, 4) is 0 Å². The van der Waals surface area contributed by atoms with Gasteiger partial charge in [0.15, 0.2) is 0 Å². The third kappa shape index (κ3) is 6.10. The van der Waals surface area contributed by atoms with Crippen molar-refractivity contribution in [1.82, 2.24) is 0 Å². The van der Waals surface area contributed by atoms with Crippen LogP contribution in [0, 0.1) is 11.8 Å². The van der Waals surface area contributed by atoms with Crippen LogP contribution in [0.3, 0.4) is 0 Å². The highest BCUT2D eigenvalue weighted by Crippen LogP contribution is 2.07. The van der Waals surface area contributed by atoms with E-state index < -0.39 is 0 Å². The van der Waals surface area contributed by atoms with E-state index in [0.29, 0.717) is 0 Å². The molecule has 0 rings (SSSR count). The molecule has 0 aliphatic heterocycles. The summed E-state index contributed by atoms with van der Waals surface area (Å²) >= 11 is 0. The van der Waals surface area contributed by atoms with E-state index in [-0.39, 0.29) is 30.6 Å². The Morgan fingerprint density at radius 3 is 2.07 bits per heavy atom. The smallest absolute Gasteiger partial charge is 0.311 e. The number of carbonyl (C=O) groups excluding carboxylic acids is 2. The fourth-order valence-corrected chi connectivity index (χ4v) is 1.01. The van der Waals surface area contributed by atoms with Crippen molar-refractivity contribution in [1.29, 1.82) is 0 Å². The number of hydrogen-bond donors (Lipinski definition) is 0. The molecule has 0 aromatic heterocycles. The van der Waals surface area contributed by atoms with Gasteiger partial charge in [-0.1, -0.05) is 34.1 Å². The molecule has 0 radical (unpaired) electrons. The van der Waals surface area contributed by atoms with Gasteiger partial charge in [0.25, 0.3) is 0 Å². The summed E-state index contributed by atoms with van der Waals surface area (Å²) in [5.41, 5.74) is 0. The molecule has 0 bridgehead atoms. The number of ether oxygens (including phenoxy) is 2. The van der Waals surface area contributed by atoms with Crippen molar-refractivity contribution in [3.63, 3.8) is 0 Å². The number of rotatable bonds is 6. The summed E-state index contributed by atoms with van der Waals surface area (Å²) in [5, 5.41) is 0. The van der Waals surface area contributed by atoms with E-state index in [9.17, 15) is 9.59 Å². The highest BCUT2D eigenvalue weighted by atomic mass is 16.7. The lowest BCUT2D eigenvalue weighted by molar-refractivity contribution is -0.171. The molecular formula is C11H20O4. The third-order valence-corrected chi connectivity index (χ3v) is 2.00. The van der Waals surface area contributed by atoms with Gasteiger partial charge in [-0.15, -0.1) is 0 Å². The van der Waals surface area contributed by atoms with E-state index in [1.165, 1.54) is 0 Å². The second-order valence-electron chi connectivity index (χ2n) is 3.89. The van der Waals surface area contributed by atoms with Crippen LogP contribution in [0.25, 0.3) is 0 Å². The molecule has 0 fully saturated rings. The Kier molecular flexibility index (Phi) is 6.75. The second kappa shape index (κ2) is 7.26. The second-order valence-corrected chi connectivity index (χ2v) is 3.89. The molecule has 0 aliphatic rings. The molecule has 88 valence electrons. The molecular weight excluding hydrogens is 196 g/mol. The first kappa shape index (κ1) is 13.9. The summed E-state index contributed by atoms with van der Waals surface area (Å²) < 4.78 is 9.52. The molecule has 0 heterocycles. The molecule has 1 unspecified atom stereocenters. The van der Waals surface area contributed by atoms with Crippen LogP contribution in [-0.2, 0) is 19.1 Å². The van der Waals surface area contributed by atoms with Crippen LogP contribution in [0.5, 0.6) is 0 Å². The van der Waals surface area contributed by atoms with Crippen LogP contribution < -0.4 is 0 Å². The Bertz CT molecular complexity index is 211. The molecule has 15 heavy (non-hydrogen) atoms. The van der Waals surface area contributed by atoms with Crippen LogP contribution in [-0.4, -0.2) is 18.7 Å². The van der Waals surface area contributed by atoms with Gasteiger partial charge >= 0.3 is 11.9 Å². The first-order valence-electron chi connectivity index (χ1n) is 5.32. The van der Waals surface area contributed by atoms with Crippen molar-refractivity contribution in [2.75, 3.05) is 6.79 Å². The average molecular weight is 216 g/mol. The van der Waals surface area contributed by atoms with Crippen LogP contribution in [0.1, 0.15) is 40.5 Å². The topological polar surface area (TPSA) is 52.6 Å². The maximum Gasteiger partial charge on any atom is 0.311 e. The number of carbonyl (C=O) groups is 2. The Morgan fingerprint density at radius 2 is 1.60 bits per heavy atom. The molecule has 0 saturated heterocycles. The molecule has 0 aromatic carbocycles. The number of esters is 2. The molecule has 0 spiro atoms. The van der Waals surface area contributed by atoms with E-state index in [4.69, 9.17) is 9.47 Å². The Hall–Kier alpha value is -1.06. The summed E-state index contributed by atoms with van der Waals surface area (Å²) in [6, 6.07) is 0. The average Bonchev–Trinajstić information content (AvgIpc) is 2.17. The molecule has 0 amide bonds. The first-order chi connectivity index (χ1) is 6.99. The lowest BCUT2D eigenvalue weighted by Gasteiger charge is -2.11. The zero-order valence-electron chi connectivity index (χ0n) is 9.91. The fraction of sp³-hybridized carbons (Fsp3) is 0.818. The van der Waals surface area contributed by atoms with Crippen LogP contribution in [0.15, 0.2) is 0 Å². The molecule has 1 atom stereocenters. The van der Waals surface area contributed by atoms with Gasteiger partial charge in [-0.2, -0.15) is 0 Å². The van der Waals surface area contributed by atoms with Gasteiger partial charge in [-0.25, -0.2) is 0 Å². The van der Waals surface area contributed by atoms with Gasteiger partial charge < -0.3 is 9.47 Å². The van der Waals surface area contributed by atoms with Crippen LogP contribution in [0.2, 0.25) is 0 Å². The van der Waals surface area contributed by atoms with E-state index in [1.807, 2.05) is 6.92 Å². The van der Waals surface area contributed by atoms with Gasteiger partial charge in [-0.3, -0.25) is 9.59 Å². The SMILES string of the molecule is CCCC(C)C(=O)OCOC(=O)C(C)C. The first-order valence-corrected chi connectivity index (χ1v) is 5.32. The van der Waals surface area contributed by atoms with E-state index in [1.54, 1.807) is 20.8 Å². The van der Waals surface area contributed by atoms with E-state index in [0.717, 1.165) is 12.8 Å². The quantitative estimate of drug-likeness (QED) is 0.504. The molecule has 0 saturated carbocycles. The molecule has 4 heteroatoms. The maximum absolute atomic E-state index is 11.3. The normalized spacial score (nSPS) is 12.3. The lowest BCUT2D eigenvalue weighted by atomic mass is 10.1. The summed E-state index contributed by atoms with van der Waals surface area (Å²) in [6.07, 6.45) is 1.72. The predicted molar refractivity (Wildman–Crippen MR) is 56.0 cm³/mol. The summed E-state index contributed by atoms with van der Waals surface area (Å²) in [5.74, 6) is -0.996. The number of hydrogen-bond acceptors (Lipinski definition) is 4.